The molecule has 0 atom stereocenters. The van der Waals surface area contributed by atoms with E-state index >= 15 is 0 Å². The van der Waals surface area contributed by atoms with Crippen LogP contribution in [-0.2, 0) is 22.3 Å². The fourth-order valence-corrected chi connectivity index (χ4v) is 3.36. The van der Waals surface area contributed by atoms with Crippen LogP contribution in [0.25, 0.3) is 5.69 Å². The molecule has 0 aliphatic carbocycles. The molecule has 1 saturated heterocycles. The summed E-state index contributed by atoms with van der Waals surface area (Å²) in [4.78, 5) is 37.4. The van der Waals surface area contributed by atoms with E-state index in [0.29, 0.717) is 5.56 Å². The number of nitrogens with zero attached hydrogens (tertiary/aromatic N) is 3. The Bertz CT molecular complexity index is 1160. The van der Waals surface area contributed by atoms with Crippen LogP contribution in [0.2, 0.25) is 0 Å². The number of carbonyl (C=O) groups excluding carboxylic acids is 3. The molecule has 0 saturated carbocycles. The van der Waals surface area contributed by atoms with Gasteiger partial charge in [-0.3, -0.25) is 19.3 Å². The van der Waals surface area contributed by atoms with Crippen molar-refractivity contribution in [3.63, 3.8) is 0 Å². The van der Waals surface area contributed by atoms with Crippen molar-refractivity contribution in [3.8, 4) is 5.69 Å². The van der Waals surface area contributed by atoms with Crippen LogP contribution in [-0.4, -0.2) is 32.4 Å². The van der Waals surface area contributed by atoms with Crippen molar-refractivity contribution >= 4 is 23.4 Å². The van der Waals surface area contributed by atoms with E-state index in [-0.39, 0.29) is 48.1 Å². The van der Waals surface area contributed by atoms with Crippen LogP contribution in [0.1, 0.15) is 34.3 Å². The molecular weight excluding hydrogens is 425 g/mol. The first-order valence-corrected chi connectivity index (χ1v) is 9.67. The van der Waals surface area contributed by atoms with Gasteiger partial charge in [-0.2, -0.15) is 18.3 Å². The highest BCUT2D eigenvalue weighted by Gasteiger charge is 2.31. The first-order chi connectivity index (χ1) is 15.2. The fraction of sp³-hybridized carbons (Fsp3) is 0.182. The molecule has 1 N–H and O–H groups in total. The van der Waals surface area contributed by atoms with Crippen molar-refractivity contribution in [3.05, 3.63) is 77.6 Å². The molecule has 1 fully saturated rings. The number of hydrogen-bond acceptors (Lipinski definition) is 4. The number of amides is 3. The lowest BCUT2D eigenvalue weighted by Crippen LogP contribution is -2.28. The van der Waals surface area contributed by atoms with Crippen molar-refractivity contribution in [1.82, 2.24) is 14.7 Å². The number of benzene rings is 2. The maximum atomic E-state index is 13.2. The number of imide groups is 1. The van der Waals surface area contributed by atoms with Crippen molar-refractivity contribution in [2.45, 2.75) is 25.6 Å². The smallest absolute Gasteiger partial charge is 0.320 e. The summed E-state index contributed by atoms with van der Waals surface area (Å²) in [6.45, 7) is 0.108. The molecule has 4 rings (SSSR count). The maximum Gasteiger partial charge on any atom is 0.416 e. The summed E-state index contributed by atoms with van der Waals surface area (Å²) in [5.74, 6) is -1.10. The Balaban J connectivity index is 1.55. The summed E-state index contributed by atoms with van der Waals surface area (Å²) < 4.78 is 40.9. The number of aromatic nitrogens is 2. The molecule has 32 heavy (non-hydrogen) atoms. The average molecular weight is 442 g/mol. The molecule has 1 aromatic heterocycles. The Morgan fingerprint density at radius 1 is 1.03 bits per heavy atom. The van der Waals surface area contributed by atoms with E-state index in [2.05, 4.69) is 10.4 Å². The Labute approximate surface area is 180 Å². The molecule has 164 valence electrons. The summed E-state index contributed by atoms with van der Waals surface area (Å²) in [5, 5.41) is 6.53. The topological polar surface area (TPSA) is 84.3 Å². The van der Waals surface area contributed by atoms with Gasteiger partial charge in [0.1, 0.15) is 0 Å². The second kappa shape index (κ2) is 8.29. The van der Waals surface area contributed by atoms with Gasteiger partial charge in [-0.1, -0.05) is 12.1 Å². The van der Waals surface area contributed by atoms with Gasteiger partial charge in [0.25, 0.3) is 5.91 Å². The molecule has 0 unspecified atom stereocenters. The van der Waals surface area contributed by atoms with Gasteiger partial charge in [-0.25, -0.2) is 4.68 Å². The normalized spacial score (nSPS) is 14.2. The molecule has 1 aliphatic heterocycles. The highest BCUT2D eigenvalue weighted by molar-refractivity contribution is 6.05. The van der Waals surface area contributed by atoms with E-state index in [1.54, 1.807) is 24.4 Å². The third kappa shape index (κ3) is 4.39. The lowest BCUT2D eigenvalue weighted by molar-refractivity contribution is -0.139. The summed E-state index contributed by atoms with van der Waals surface area (Å²) in [6.07, 6.45) is -1.18. The van der Waals surface area contributed by atoms with E-state index in [1.807, 2.05) is 0 Å². The van der Waals surface area contributed by atoms with Gasteiger partial charge in [-0.15, -0.1) is 0 Å². The van der Waals surface area contributed by atoms with Crippen molar-refractivity contribution < 1.29 is 27.6 Å². The van der Waals surface area contributed by atoms with E-state index in [0.717, 1.165) is 17.0 Å². The van der Waals surface area contributed by atoms with Crippen LogP contribution >= 0.6 is 0 Å². The molecule has 3 amide bonds. The van der Waals surface area contributed by atoms with Gasteiger partial charge in [0.15, 0.2) is 0 Å². The summed E-state index contributed by atoms with van der Waals surface area (Å²) in [7, 11) is 0. The molecule has 0 bridgehead atoms. The minimum atomic E-state index is -4.58. The van der Waals surface area contributed by atoms with Crippen LogP contribution in [0.4, 0.5) is 18.9 Å². The predicted molar refractivity (Wildman–Crippen MR) is 108 cm³/mol. The van der Waals surface area contributed by atoms with E-state index in [1.165, 1.54) is 29.1 Å². The monoisotopic (exact) mass is 442 g/mol. The zero-order valence-corrected chi connectivity index (χ0v) is 16.6. The standard InChI is InChI=1S/C22H17F3N4O3/c23-22(24,25)16-6-7-18(29-11-1-10-26-29)17(12-16)27-21(32)15-4-2-14(3-5-15)13-28-19(30)8-9-20(28)31/h1-7,10-12H,8-9,13H2,(H,27,32). The number of rotatable bonds is 5. The highest BCUT2D eigenvalue weighted by atomic mass is 19.4. The van der Waals surface area contributed by atoms with Gasteiger partial charge in [-0.05, 0) is 42.0 Å². The number of hydrogen-bond donors (Lipinski definition) is 1. The van der Waals surface area contributed by atoms with Gasteiger partial charge in [0, 0.05) is 30.8 Å². The van der Waals surface area contributed by atoms with Crippen molar-refractivity contribution in [1.29, 1.82) is 0 Å². The predicted octanol–water partition coefficient (Wildman–Crippen LogP) is 3.79. The summed E-state index contributed by atoms with van der Waals surface area (Å²) >= 11 is 0. The van der Waals surface area contributed by atoms with Gasteiger partial charge >= 0.3 is 6.18 Å². The maximum absolute atomic E-state index is 13.2. The highest BCUT2D eigenvalue weighted by Crippen LogP contribution is 2.33. The lowest BCUT2D eigenvalue weighted by atomic mass is 10.1. The zero-order valence-electron chi connectivity index (χ0n) is 16.6. The van der Waals surface area contributed by atoms with Crippen molar-refractivity contribution in [2.75, 3.05) is 5.32 Å². The first kappa shape index (κ1) is 21.3. The summed E-state index contributed by atoms with van der Waals surface area (Å²) in [6, 6.07) is 10.8. The minimum absolute atomic E-state index is 0.0501. The van der Waals surface area contributed by atoms with E-state index in [9.17, 15) is 27.6 Å². The molecule has 10 heteroatoms. The molecule has 7 nitrogen and oxygen atoms in total. The second-order valence-electron chi connectivity index (χ2n) is 7.20. The fourth-order valence-electron chi connectivity index (χ4n) is 3.36. The quantitative estimate of drug-likeness (QED) is 0.610. The van der Waals surface area contributed by atoms with Crippen LogP contribution in [0, 0.1) is 0 Å². The van der Waals surface area contributed by atoms with E-state index < -0.39 is 17.6 Å². The first-order valence-electron chi connectivity index (χ1n) is 9.67. The van der Waals surface area contributed by atoms with E-state index in [4.69, 9.17) is 0 Å². The average Bonchev–Trinajstić information content (AvgIpc) is 3.39. The third-order valence-electron chi connectivity index (χ3n) is 5.03. The van der Waals surface area contributed by atoms with Crippen LogP contribution in [0.15, 0.2) is 60.9 Å². The van der Waals surface area contributed by atoms with Crippen LogP contribution in [0.5, 0.6) is 0 Å². The van der Waals surface area contributed by atoms with Gasteiger partial charge in [0.2, 0.25) is 11.8 Å². The molecule has 1 aliphatic rings. The molecule has 0 spiro atoms. The molecule has 0 radical (unpaired) electrons. The summed E-state index contributed by atoms with van der Waals surface area (Å²) in [5.41, 5.74) is 0.182. The number of alkyl halides is 3. The Hall–Kier alpha value is -3.95. The largest absolute Gasteiger partial charge is 0.416 e. The zero-order chi connectivity index (χ0) is 22.9. The van der Waals surface area contributed by atoms with Gasteiger partial charge < -0.3 is 5.32 Å². The Morgan fingerprint density at radius 2 is 1.72 bits per heavy atom. The minimum Gasteiger partial charge on any atom is -0.320 e. The molecular formula is C22H17F3N4O3. The van der Waals surface area contributed by atoms with Crippen LogP contribution < -0.4 is 5.32 Å². The number of halogens is 3. The number of carbonyl (C=O) groups is 3. The number of nitrogens with one attached hydrogen (secondary N) is 1. The number of anilines is 1. The molecule has 3 aromatic rings. The Morgan fingerprint density at radius 3 is 2.31 bits per heavy atom. The third-order valence-corrected chi connectivity index (χ3v) is 5.03. The SMILES string of the molecule is O=C(Nc1cc(C(F)(F)F)ccc1-n1cccn1)c1ccc(CN2C(=O)CCC2=O)cc1. The van der Waals surface area contributed by atoms with Crippen molar-refractivity contribution in [2.24, 2.45) is 0 Å². The van der Waals surface area contributed by atoms with Gasteiger partial charge in [0.05, 0.1) is 23.5 Å². The molecule has 2 heterocycles. The number of likely N-dealkylation sites (tertiary alicyclic amines) is 1. The Kier molecular flexibility index (Phi) is 5.52. The second-order valence-corrected chi connectivity index (χ2v) is 7.20. The van der Waals surface area contributed by atoms with Crippen LogP contribution in [0.3, 0.4) is 0 Å². The molecule has 2 aromatic carbocycles. The lowest BCUT2D eigenvalue weighted by Gasteiger charge is -2.15.